The lowest BCUT2D eigenvalue weighted by molar-refractivity contribution is -0.384. The van der Waals surface area contributed by atoms with Crippen LogP contribution >= 0.6 is 0 Å². The molecule has 5 rings (SSSR count). The summed E-state index contributed by atoms with van der Waals surface area (Å²) >= 11 is 0. The number of benzene rings is 1. The predicted octanol–water partition coefficient (Wildman–Crippen LogP) is 4.87. The summed E-state index contributed by atoms with van der Waals surface area (Å²) in [7, 11) is 1.62. The van der Waals surface area contributed by atoms with Crippen molar-refractivity contribution >= 4 is 23.0 Å². The predicted molar refractivity (Wildman–Crippen MR) is 117 cm³/mol. The van der Waals surface area contributed by atoms with Gasteiger partial charge in [0.05, 0.1) is 22.1 Å². The maximum Gasteiger partial charge on any atom is 0.391 e. The monoisotopic (exact) mass is 466 g/mol. The number of rotatable bonds is 5. The van der Waals surface area contributed by atoms with Gasteiger partial charge in [0.25, 0.3) is 11.6 Å². The molecule has 7 nitrogen and oxygen atoms in total. The average Bonchev–Trinajstić information content (AvgIpc) is 3.11. The van der Waals surface area contributed by atoms with E-state index in [1.54, 1.807) is 13.1 Å². The van der Waals surface area contributed by atoms with Crippen LogP contribution in [-0.4, -0.2) is 42.7 Å². The van der Waals surface area contributed by atoms with E-state index in [0.717, 1.165) is 25.8 Å². The van der Waals surface area contributed by atoms with Crippen molar-refractivity contribution in [3.8, 4) is 0 Å². The van der Waals surface area contributed by atoms with Gasteiger partial charge in [0.15, 0.2) is 0 Å². The molecule has 10 heteroatoms. The summed E-state index contributed by atoms with van der Waals surface area (Å²) in [6, 6.07) is 3.20. The highest BCUT2D eigenvalue weighted by atomic mass is 19.4. The average molecular weight is 467 g/mol. The minimum Gasteiger partial charge on any atom is -0.383 e. The molecule has 3 aliphatic carbocycles. The Bertz CT molecular complexity index is 974. The highest BCUT2D eigenvalue weighted by Gasteiger charge is 2.58. The Labute approximate surface area is 190 Å². The van der Waals surface area contributed by atoms with E-state index in [9.17, 15) is 28.1 Å². The van der Waals surface area contributed by atoms with Gasteiger partial charge in [0.1, 0.15) is 5.69 Å². The normalized spacial score (nSPS) is 32.8. The number of fused-ring (bicyclic) bond motifs is 2. The number of nitro groups is 1. The molecular weight excluding hydrogens is 437 g/mol. The molecule has 2 bridgehead atoms. The Balaban J connectivity index is 1.37. The van der Waals surface area contributed by atoms with Gasteiger partial charge in [-0.3, -0.25) is 14.9 Å². The van der Waals surface area contributed by atoms with Crippen molar-refractivity contribution in [2.75, 3.05) is 23.8 Å². The number of halogens is 3. The largest absolute Gasteiger partial charge is 0.391 e. The van der Waals surface area contributed by atoms with E-state index in [1.165, 1.54) is 6.07 Å². The molecule has 4 fully saturated rings. The highest BCUT2D eigenvalue weighted by molar-refractivity contribution is 6.02. The maximum absolute atomic E-state index is 13.3. The van der Waals surface area contributed by atoms with E-state index in [2.05, 4.69) is 15.5 Å². The van der Waals surface area contributed by atoms with Crippen LogP contribution < -0.4 is 15.5 Å². The van der Waals surface area contributed by atoms with Crippen molar-refractivity contribution in [1.82, 2.24) is 5.32 Å². The van der Waals surface area contributed by atoms with Crippen LogP contribution in [0.5, 0.6) is 0 Å². The van der Waals surface area contributed by atoms with Gasteiger partial charge in [-0.15, -0.1) is 0 Å². The quantitative estimate of drug-likeness (QED) is 0.478. The van der Waals surface area contributed by atoms with Crippen LogP contribution in [-0.2, 0) is 0 Å². The number of nitro benzene ring substituents is 1. The minimum absolute atomic E-state index is 0.0975. The SMILES string of the molecule is CNc1cc(N2CC3CCC2C3)c(C(=O)N[C@@H]2CC23CCC(C(F)(F)F)CC3)cc1[N+](=O)[O-]. The first-order valence-electron chi connectivity index (χ1n) is 11.8. The molecule has 1 aromatic carbocycles. The zero-order chi connectivity index (χ0) is 23.5. The molecule has 3 saturated carbocycles. The van der Waals surface area contributed by atoms with E-state index in [1.807, 2.05) is 0 Å². The van der Waals surface area contributed by atoms with Crippen molar-refractivity contribution in [1.29, 1.82) is 0 Å². The summed E-state index contributed by atoms with van der Waals surface area (Å²) in [4.78, 5) is 26.7. The Morgan fingerprint density at radius 2 is 1.94 bits per heavy atom. The van der Waals surface area contributed by atoms with Crippen molar-refractivity contribution in [2.24, 2.45) is 17.3 Å². The van der Waals surface area contributed by atoms with Crippen molar-refractivity contribution in [2.45, 2.75) is 69.6 Å². The number of hydrogen-bond donors (Lipinski definition) is 2. The third-order valence-corrected chi connectivity index (χ3v) is 8.48. The van der Waals surface area contributed by atoms with Crippen LogP contribution in [0.1, 0.15) is 61.7 Å². The zero-order valence-electron chi connectivity index (χ0n) is 18.6. The smallest absolute Gasteiger partial charge is 0.383 e. The summed E-state index contributed by atoms with van der Waals surface area (Å²) < 4.78 is 39.1. The molecule has 180 valence electrons. The summed E-state index contributed by atoms with van der Waals surface area (Å²) in [6.45, 7) is 0.831. The second-order valence-electron chi connectivity index (χ2n) is 10.3. The van der Waals surface area contributed by atoms with Crippen LogP contribution in [0.3, 0.4) is 0 Å². The highest BCUT2D eigenvalue weighted by Crippen LogP contribution is 2.59. The van der Waals surface area contributed by atoms with Crippen LogP contribution in [0.4, 0.5) is 30.2 Å². The molecule has 0 aromatic heterocycles. The fourth-order valence-corrected chi connectivity index (χ4v) is 6.43. The van der Waals surface area contributed by atoms with Crippen LogP contribution in [0.2, 0.25) is 0 Å². The first kappa shape index (κ1) is 22.3. The molecule has 2 unspecified atom stereocenters. The first-order chi connectivity index (χ1) is 15.6. The van der Waals surface area contributed by atoms with Crippen LogP contribution in [0.15, 0.2) is 12.1 Å². The first-order valence-corrected chi connectivity index (χ1v) is 11.8. The van der Waals surface area contributed by atoms with Crippen molar-refractivity contribution in [3.63, 3.8) is 0 Å². The van der Waals surface area contributed by atoms with Gasteiger partial charge in [-0.2, -0.15) is 13.2 Å². The standard InChI is InChI=1S/C23H29F3N4O3/c1-27-17-10-18(29-12-13-2-3-15(29)8-13)16(9-19(17)30(32)33)21(31)28-20-11-22(20)6-4-14(5-7-22)23(24,25)26/h9-10,13-15,20,27H,2-8,11-12H2,1H3,(H,28,31)/t13?,14?,15?,20-,22?/m1/s1. The van der Waals surface area contributed by atoms with E-state index in [-0.39, 0.29) is 41.5 Å². The second-order valence-corrected chi connectivity index (χ2v) is 10.3. The fraction of sp³-hybridized carbons (Fsp3) is 0.696. The molecule has 1 spiro atoms. The molecule has 1 aliphatic heterocycles. The molecule has 4 aliphatic rings. The van der Waals surface area contributed by atoms with E-state index >= 15 is 0 Å². The lowest BCUT2D eigenvalue weighted by Crippen LogP contribution is -2.37. The summed E-state index contributed by atoms with van der Waals surface area (Å²) in [5.74, 6) is -1.05. The second kappa shape index (κ2) is 7.77. The zero-order valence-corrected chi connectivity index (χ0v) is 18.6. The molecule has 1 heterocycles. The third-order valence-electron chi connectivity index (χ3n) is 8.48. The Kier molecular flexibility index (Phi) is 5.25. The topological polar surface area (TPSA) is 87.5 Å². The Hall–Kier alpha value is -2.52. The van der Waals surface area contributed by atoms with E-state index < -0.39 is 17.0 Å². The lowest BCUT2D eigenvalue weighted by atomic mass is 9.79. The number of carbonyl (C=O) groups excluding carboxylic acids is 1. The summed E-state index contributed by atoms with van der Waals surface area (Å²) in [5, 5.41) is 17.5. The number of nitrogens with zero attached hydrogens (tertiary/aromatic N) is 2. The Morgan fingerprint density at radius 1 is 1.21 bits per heavy atom. The van der Waals surface area contributed by atoms with Gasteiger partial charge < -0.3 is 15.5 Å². The molecule has 1 aromatic rings. The van der Waals surface area contributed by atoms with Gasteiger partial charge in [-0.05, 0) is 68.8 Å². The number of carbonyl (C=O) groups is 1. The molecule has 0 radical (unpaired) electrons. The van der Waals surface area contributed by atoms with E-state index in [0.29, 0.717) is 42.6 Å². The van der Waals surface area contributed by atoms with Crippen LogP contribution in [0.25, 0.3) is 0 Å². The minimum atomic E-state index is -4.16. The molecule has 3 atom stereocenters. The molecule has 33 heavy (non-hydrogen) atoms. The van der Waals surface area contributed by atoms with Gasteiger partial charge in [-0.1, -0.05) is 0 Å². The summed E-state index contributed by atoms with van der Waals surface area (Å²) in [5.41, 5.74) is 0.917. The third kappa shape index (κ3) is 3.91. The lowest BCUT2D eigenvalue weighted by Gasteiger charge is -2.32. The maximum atomic E-state index is 13.3. The Morgan fingerprint density at radius 3 is 2.48 bits per heavy atom. The molecule has 1 saturated heterocycles. The van der Waals surface area contributed by atoms with E-state index in [4.69, 9.17) is 0 Å². The summed E-state index contributed by atoms with van der Waals surface area (Å²) in [6.07, 6.45) is 0.881. The van der Waals surface area contributed by atoms with Crippen molar-refractivity contribution < 1.29 is 22.9 Å². The van der Waals surface area contributed by atoms with Gasteiger partial charge >= 0.3 is 6.18 Å². The van der Waals surface area contributed by atoms with Gasteiger partial charge in [-0.25, -0.2) is 0 Å². The van der Waals surface area contributed by atoms with Crippen molar-refractivity contribution in [3.05, 3.63) is 27.8 Å². The number of piperidine rings is 1. The number of amides is 1. The molecule has 1 amide bonds. The van der Waals surface area contributed by atoms with Crippen LogP contribution in [0, 0.1) is 27.4 Å². The van der Waals surface area contributed by atoms with Gasteiger partial charge in [0, 0.05) is 31.7 Å². The number of nitrogens with one attached hydrogen (secondary N) is 2. The van der Waals surface area contributed by atoms with Gasteiger partial charge in [0.2, 0.25) is 0 Å². The number of alkyl halides is 3. The molecular formula is C23H29F3N4O3. The fourth-order valence-electron chi connectivity index (χ4n) is 6.43. The molecule has 2 N–H and O–H groups in total. The number of anilines is 2. The number of hydrogen-bond acceptors (Lipinski definition) is 5.